The summed E-state index contributed by atoms with van der Waals surface area (Å²) in [6, 6.07) is 0. The Morgan fingerprint density at radius 1 is 1.53 bits per heavy atom. The third kappa shape index (κ3) is 2.75. The number of amides is 1. The molecule has 0 saturated carbocycles. The molecule has 1 aromatic heterocycles. The topological polar surface area (TPSA) is 121 Å². The molecule has 15 heavy (non-hydrogen) atoms. The SMILES string of the molecule is NC(=O)c1n[nH]c(COCCO)c1CO. The Labute approximate surface area is 85.9 Å². The van der Waals surface area contributed by atoms with Crippen molar-refractivity contribution in [2.45, 2.75) is 13.2 Å². The fourth-order valence-corrected chi connectivity index (χ4v) is 1.13. The number of aromatic nitrogens is 2. The van der Waals surface area contributed by atoms with E-state index in [0.29, 0.717) is 11.3 Å². The number of aromatic amines is 1. The molecule has 0 bridgehead atoms. The van der Waals surface area contributed by atoms with E-state index in [1.165, 1.54) is 0 Å². The zero-order valence-corrected chi connectivity index (χ0v) is 8.06. The van der Waals surface area contributed by atoms with Gasteiger partial charge in [0.2, 0.25) is 0 Å². The lowest BCUT2D eigenvalue weighted by Gasteiger charge is -2.02. The molecule has 0 atom stereocenters. The highest BCUT2D eigenvalue weighted by Gasteiger charge is 2.16. The molecular formula is C8H13N3O4. The number of aliphatic hydroxyl groups excluding tert-OH is 2. The number of aliphatic hydroxyl groups is 2. The van der Waals surface area contributed by atoms with E-state index >= 15 is 0 Å². The summed E-state index contributed by atoms with van der Waals surface area (Å²) in [5.74, 6) is -0.705. The van der Waals surface area contributed by atoms with Crippen molar-refractivity contribution in [3.8, 4) is 0 Å². The molecule has 0 aromatic carbocycles. The largest absolute Gasteiger partial charge is 0.394 e. The molecule has 0 aliphatic rings. The number of carbonyl (C=O) groups is 1. The van der Waals surface area contributed by atoms with Crippen LogP contribution in [0.25, 0.3) is 0 Å². The standard InChI is InChI=1S/C8H13N3O4/c9-8(14)7-5(3-13)6(10-11-7)4-15-2-1-12/h12-13H,1-4H2,(H2,9,14)(H,10,11). The van der Waals surface area contributed by atoms with Crippen molar-refractivity contribution >= 4 is 5.91 Å². The van der Waals surface area contributed by atoms with Crippen LogP contribution in [0.15, 0.2) is 0 Å². The maximum Gasteiger partial charge on any atom is 0.269 e. The van der Waals surface area contributed by atoms with Gasteiger partial charge in [-0.2, -0.15) is 5.10 Å². The lowest BCUT2D eigenvalue weighted by molar-refractivity contribution is 0.0786. The summed E-state index contributed by atoms with van der Waals surface area (Å²) in [4.78, 5) is 10.9. The molecule has 7 nitrogen and oxygen atoms in total. The van der Waals surface area contributed by atoms with Gasteiger partial charge in [-0.1, -0.05) is 0 Å². The Hall–Kier alpha value is -1.44. The first-order chi connectivity index (χ1) is 7.20. The minimum atomic E-state index is -0.705. The van der Waals surface area contributed by atoms with Crippen molar-refractivity contribution in [1.82, 2.24) is 10.2 Å². The number of rotatable bonds is 6. The average Bonchev–Trinajstić information content (AvgIpc) is 2.61. The van der Waals surface area contributed by atoms with Crippen LogP contribution in [-0.2, 0) is 18.0 Å². The third-order valence-corrected chi connectivity index (χ3v) is 1.83. The number of H-pyrrole nitrogens is 1. The smallest absolute Gasteiger partial charge is 0.269 e. The number of hydrogen-bond acceptors (Lipinski definition) is 5. The van der Waals surface area contributed by atoms with E-state index in [1.54, 1.807) is 0 Å². The summed E-state index contributed by atoms with van der Waals surface area (Å²) in [6.45, 7) is -0.121. The molecule has 0 fully saturated rings. The van der Waals surface area contributed by atoms with Gasteiger partial charge in [0.1, 0.15) is 0 Å². The van der Waals surface area contributed by atoms with Gasteiger partial charge in [0.05, 0.1) is 32.1 Å². The molecule has 84 valence electrons. The number of ether oxygens (including phenoxy) is 1. The highest BCUT2D eigenvalue weighted by Crippen LogP contribution is 2.11. The molecular weight excluding hydrogens is 202 g/mol. The minimum Gasteiger partial charge on any atom is -0.394 e. The van der Waals surface area contributed by atoms with E-state index < -0.39 is 5.91 Å². The van der Waals surface area contributed by atoms with Crippen molar-refractivity contribution in [1.29, 1.82) is 0 Å². The summed E-state index contributed by atoms with van der Waals surface area (Å²) in [6.07, 6.45) is 0. The van der Waals surface area contributed by atoms with Gasteiger partial charge in [-0.25, -0.2) is 0 Å². The molecule has 0 saturated heterocycles. The van der Waals surface area contributed by atoms with Crippen LogP contribution in [0.1, 0.15) is 21.7 Å². The fraction of sp³-hybridized carbons (Fsp3) is 0.500. The molecule has 0 aliphatic carbocycles. The average molecular weight is 215 g/mol. The fourth-order valence-electron chi connectivity index (χ4n) is 1.13. The molecule has 5 N–H and O–H groups in total. The van der Waals surface area contributed by atoms with Gasteiger partial charge in [0.15, 0.2) is 5.69 Å². The Morgan fingerprint density at radius 3 is 2.80 bits per heavy atom. The van der Waals surface area contributed by atoms with Gasteiger partial charge >= 0.3 is 0 Å². The summed E-state index contributed by atoms with van der Waals surface area (Å²) in [7, 11) is 0. The zero-order chi connectivity index (χ0) is 11.3. The molecule has 0 radical (unpaired) electrons. The molecule has 1 amide bonds. The zero-order valence-electron chi connectivity index (χ0n) is 8.06. The van der Waals surface area contributed by atoms with Crippen molar-refractivity contribution in [3.63, 3.8) is 0 Å². The van der Waals surface area contributed by atoms with Crippen LogP contribution in [0, 0.1) is 0 Å². The first kappa shape index (κ1) is 11.6. The Bertz CT molecular complexity index is 337. The normalized spacial score (nSPS) is 10.5. The number of hydrogen-bond donors (Lipinski definition) is 4. The number of nitrogens with zero attached hydrogens (tertiary/aromatic N) is 1. The minimum absolute atomic E-state index is 0.0140. The molecule has 0 spiro atoms. The number of primary amides is 1. The van der Waals surface area contributed by atoms with Crippen LogP contribution in [0.2, 0.25) is 0 Å². The Balaban J connectivity index is 2.75. The second kappa shape index (κ2) is 5.44. The maximum atomic E-state index is 10.9. The van der Waals surface area contributed by atoms with E-state index in [9.17, 15) is 4.79 Å². The lowest BCUT2D eigenvalue weighted by Crippen LogP contribution is -2.14. The Kier molecular flexibility index (Phi) is 4.22. The van der Waals surface area contributed by atoms with Gasteiger partial charge in [-0.3, -0.25) is 9.89 Å². The van der Waals surface area contributed by atoms with Gasteiger partial charge in [0, 0.05) is 5.56 Å². The molecule has 0 unspecified atom stereocenters. The van der Waals surface area contributed by atoms with Crippen LogP contribution in [0.5, 0.6) is 0 Å². The summed E-state index contributed by atoms with van der Waals surface area (Å²) >= 11 is 0. The first-order valence-electron chi connectivity index (χ1n) is 4.36. The summed E-state index contributed by atoms with van der Waals surface area (Å²) < 4.78 is 5.02. The maximum absolute atomic E-state index is 10.9. The van der Waals surface area contributed by atoms with Crippen LogP contribution in [-0.4, -0.2) is 39.5 Å². The van der Waals surface area contributed by atoms with Crippen molar-refractivity contribution in [3.05, 3.63) is 17.0 Å². The predicted octanol–water partition coefficient (Wildman–Crippen LogP) is -1.49. The van der Waals surface area contributed by atoms with Gasteiger partial charge in [0.25, 0.3) is 5.91 Å². The van der Waals surface area contributed by atoms with Crippen LogP contribution < -0.4 is 5.73 Å². The molecule has 0 aliphatic heterocycles. The quantitative estimate of drug-likeness (QED) is 0.431. The van der Waals surface area contributed by atoms with E-state index in [1.807, 2.05) is 0 Å². The second-order valence-corrected chi connectivity index (χ2v) is 2.83. The summed E-state index contributed by atoms with van der Waals surface area (Å²) in [5.41, 5.74) is 5.88. The molecule has 1 rings (SSSR count). The van der Waals surface area contributed by atoms with Crippen LogP contribution >= 0.6 is 0 Å². The highest BCUT2D eigenvalue weighted by atomic mass is 16.5. The van der Waals surface area contributed by atoms with E-state index in [4.69, 9.17) is 20.7 Å². The monoisotopic (exact) mass is 215 g/mol. The van der Waals surface area contributed by atoms with Crippen molar-refractivity contribution < 1.29 is 19.7 Å². The van der Waals surface area contributed by atoms with Crippen LogP contribution in [0.4, 0.5) is 0 Å². The Morgan fingerprint density at radius 2 is 2.27 bits per heavy atom. The third-order valence-electron chi connectivity index (χ3n) is 1.83. The van der Waals surface area contributed by atoms with Crippen LogP contribution in [0.3, 0.4) is 0 Å². The molecule has 1 aromatic rings. The predicted molar refractivity (Wildman–Crippen MR) is 49.8 cm³/mol. The summed E-state index contributed by atoms with van der Waals surface area (Å²) in [5, 5.41) is 23.7. The van der Waals surface area contributed by atoms with Gasteiger partial charge < -0.3 is 20.7 Å². The number of nitrogens with two attached hydrogens (primary N) is 1. The van der Waals surface area contributed by atoms with E-state index in [2.05, 4.69) is 10.2 Å². The molecule has 7 heteroatoms. The first-order valence-corrected chi connectivity index (χ1v) is 4.36. The van der Waals surface area contributed by atoms with Crippen molar-refractivity contribution in [2.24, 2.45) is 5.73 Å². The lowest BCUT2D eigenvalue weighted by atomic mass is 10.2. The molecule has 1 heterocycles. The van der Waals surface area contributed by atoms with Gasteiger partial charge in [-0.15, -0.1) is 0 Å². The van der Waals surface area contributed by atoms with Crippen molar-refractivity contribution in [2.75, 3.05) is 13.2 Å². The number of carbonyl (C=O) groups excluding carboxylic acids is 1. The number of nitrogens with one attached hydrogen (secondary N) is 1. The van der Waals surface area contributed by atoms with E-state index in [-0.39, 0.29) is 32.1 Å². The van der Waals surface area contributed by atoms with Gasteiger partial charge in [-0.05, 0) is 0 Å². The second-order valence-electron chi connectivity index (χ2n) is 2.83. The highest BCUT2D eigenvalue weighted by molar-refractivity contribution is 5.92. The van der Waals surface area contributed by atoms with E-state index in [0.717, 1.165) is 0 Å².